The molecule has 0 aromatic heterocycles. The van der Waals surface area contributed by atoms with Gasteiger partial charge in [-0.1, -0.05) is 31.2 Å². The van der Waals surface area contributed by atoms with E-state index in [4.69, 9.17) is 9.47 Å². The normalized spacial score (nSPS) is 11.9. The van der Waals surface area contributed by atoms with Crippen molar-refractivity contribution in [2.24, 2.45) is 0 Å². The molecule has 2 aromatic rings. The van der Waals surface area contributed by atoms with Crippen LogP contribution in [0.15, 0.2) is 42.5 Å². The van der Waals surface area contributed by atoms with Crippen molar-refractivity contribution < 1.29 is 27.5 Å². The van der Waals surface area contributed by atoms with Crippen LogP contribution >= 0.6 is 0 Å². The summed E-state index contributed by atoms with van der Waals surface area (Å²) in [5, 5.41) is 2.78. The van der Waals surface area contributed by atoms with Gasteiger partial charge < -0.3 is 19.7 Å². The number of likely N-dealkylation sites (N-methyl/N-ethyl adjacent to an activating group) is 1. The Labute approximate surface area is 208 Å². The molecule has 10 heteroatoms. The summed E-state index contributed by atoms with van der Waals surface area (Å²) in [6.07, 6.45) is 1.39. The molecule has 1 unspecified atom stereocenters. The van der Waals surface area contributed by atoms with Gasteiger partial charge in [0.15, 0.2) is 0 Å². The zero-order valence-corrected chi connectivity index (χ0v) is 22.0. The van der Waals surface area contributed by atoms with Crippen LogP contribution in [0, 0.1) is 6.92 Å². The summed E-state index contributed by atoms with van der Waals surface area (Å²) < 4.78 is 37.2. The number of ether oxygens (including phenoxy) is 2. The second-order valence-corrected chi connectivity index (χ2v) is 9.98. The molecule has 1 atom stereocenters. The Bertz CT molecular complexity index is 1140. The minimum Gasteiger partial charge on any atom is -0.497 e. The number of rotatable bonds is 12. The number of carbonyl (C=O) groups excluding carboxylic acids is 2. The predicted molar refractivity (Wildman–Crippen MR) is 136 cm³/mol. The standard InChI is InChI=1S/C25H35N3O6S/c1-7-21(25(30)26-8-2)27(16-19-12-10-9-11-18(19)3)24(29)17-28(35(6,31)32)22-15-20(33-4)13-14-23(22)34-5/h9-15,21H,7-8,16-17H2,1-6H3,(H,26,30). The molecule has 1 N–H and O–H groups in total. The average molecular weight is 506 g/mol. The molecule has 0 aliphatic rings. The Kier molecular flexibility index (Phi) is 9.94. The van der Waals surface area contributed by atoms with Gasteiger partial charge in [0.2, 0.25) is 21.8 Å². The molecule has 0 saturated carbocycles. The van der Waals surface area contributed by atoms with E-state index >= 15 is 0 Å². The summed E-state index contributed by atoms with van der Waals surface area (Å²) in [6, 6.07) is 11.5. The molecule has 2 rings (SSSR count). The van der Waals surface area contributed by atoms with E-state index in [9.17, 15) is 18.0 Å². The van der Waals surface area contributed by atoms with Gasteiger partial charge in [-0.3, -0.25) is 13.9 Å². The molecule has 0 aliphatic carbocycles. The minimum atomic E-state index is -3.90. The predicted octanol–water partition coefficient (Wildman–Crippen LogP) is 2.72. The van der Waals surface area contributed by atoms with Crippen LogP contribution in [-0.2, 0) is 26.2 Å². The largest absolute Gasteiger partial charge is 0.497 e. The van der Waals surface area contributed by atoms with Gasteiger partial charge in [-0.2, -0.15) is 0 Å². The highest BCUT2D eigenvalue weighted by Crippen LogP contribution is 2.34. The first-order chi connectivity index (χ1) is 16.6. The van der Waals surface area contributed by atoms with E-state index in [2.05, 4.69) is 5.32 Å². The van der Waals surface area contributed by atoms with Crippen LogP contribution in [0.1, 0.15) is 31.4 Å². The van der Waals surface area contributed by atoms with Crippen molar-refractivity contribution in [3.05, 3.63) is 53.6 Å². The van der Waals surface area contributed by atoms with Crippen molar-refractivity contribution in [3.8, 4) is 11.5 Å². The molecule has 0 saturated heterocycles. The average Bonchev–Trinajstić information content (AvgIpc) is 2.82. The first-order valence-corrected chi connectivity index (χ1v) is 13.2. The lowest BCUT2D eigenvalue weighted by atomic mass is 10.1. The van der Waals surface area contributed by atoms with Gasteiger partial charge in [-0.05, 0) is 43.5 Å². The van der Waals surface area contributed by atoms with E-state index in [-0.39, 0.29) is 23.9 Å². The molecular formula is C25H35N3O6S. The monoisotopic (exact) mass is 505 g/mol. The Morgan fingerprint density at radius 1 is 1.06 bits per heavy atom. The molecule has 0 heterocycles. The molecule has 2 amide bonds. The van der Waals surface area contributed by atoms with Gasteiger partial charge in [-0.15, -0.1) is 0 Å². The van der Waals surface area contributed by atoms with Gasteiger partial charge in [0.05, 0.1) is 26.2 Å². The molecule has 0 aliphatic heterocycles. The van der Waals surface area contributed by atoms with Gasteiger partial charge in [0, 0.05) is 19.2 Å². The maximum Gasteiger partial charge on any atom is 0.244 e. The van der Waals surface area contributed by atoms with Crippen LogP contribution in [0.5, 0.6) is 11.5 Å². The van der Waals surface area contributed by atoms with Crippen LogP contribution in [0.4, 0.5) is 5.69 Å². The number of hydrogen-bond donors (Lipinski definition) is 1. The number of sulfonamides is 1. The first-order valence-electron chi connectivity index (χ1n) is 11.4. The number of hydrogen-bond acceptors (Lipinski definition) is 6. The Morgan fingerprint density at radius 3 is 2.29 bits per heavy atom. The van der Waals surface area contributed by atoms with E-state index in [1.807, 2.05) is 38.1 Å². The number of amides is 2. The topological polar surface area (TPSA) is 105 Å². The molecule has 2 aromatic carbocycles. The molecule has 0 radical (unpaired) electrons. The zero-order valence-electron chi connectivity index (χ0n) is 21.2. The number of aryl methyl sites for hydroxylation is 1. The fourth-order valence-corrected chi connectivity index (χ4v) is 4.61. The summed E-state index contributed by atoms with van der Waals surface area (Å²) in [4.78, 5) is 28.0. The number of nitrogens with zero attached hydrogens (tertiary/aromatic N) is 2. The molecule has 35 heavy (non-hydrogen) atoms. The number of methoxy groups -OCH3 is 2. The lowest BCUT2D eigenvalue weighted by molar-refractivity contribution is -0.140. The van der Waals surface area contributed by atoms with Crippen molar-refractivity contribution in [1.82, 2.24) is 10.2 Å². The maximum absolute atomic E-state index is 13.7. The van der Waals surface area contributed by atoms with Crippen LogP contribution < -0.4 is 19.1 Å². The second-order valence-electron chi connectivity index (χ2n) is 8.07. The van der Waals surface area contributed by atoms with Crippen molar-refractivity contribution in [1.29, 1.82) is 0 Å². The van der Waals surface area contributed by atoms with Crippen LogP contribution in [0.25, 0.3) is 0 Å². The van der Waals surface area contributed by atoms with Crippen LogP contribution in [0.2, 0.25) is 0 Å². The zero-order chi connectivity index (χ0) is 26.2. The molecular weight excluding hydrogens is 470 g/mol. The summed E-state index contributed by atoms with van der Waals surface area (Å²) in [5.41, 5.74) is 2.00. The van der Waals surface area contributed by atoms with Gasteiger partial charge >= 0.3 is 0 Å². The molecule has 0 bridgehead atoms. The summed E-state index contributed by atoms with van der Waals surface area (Å²) in [6.45, 7) is 5.61. The van der Waals surface area contributed by atoms with E-state index in [0.29, 0.717) is 18.7 Å². The number of carbonyl (C=O) groups is 2. The Hall–Kier alpha value is -3.27. The summed E-state index contributed by atoms with van der Waals surface area (Å²) in [5.74, 6) is -0.124. The third-order valence-corrected chi connectivity index (χ3v) is 6.80. The third kappa shape index (κ3) is 7.11. The smallest absolute Gasteiger partial charge is 0.244 e. The highest BCUT2D eigenvalue weighted by atomic mass is 32.2. The van der Waals surface area contributed by atoms with Gasteiger partial charge in [-0.25, -0.2) is 8.42 Å². The number of benzene rings is 2. The molecule has 0 fully saturated rings. The van der Waals surface area contributed by atoms with E-state index in [0.717, 1.165) is 21.7 Å². The second kappa shape index (κ2) is 12.4. The molecule has 192 valence electrons. The fraction of sp³-hybridized carbons (Fsp3) is 0.440. The maximum atomic E-state index is 13.7. The highest BCUT2D eigenvalue weighted by molar-refractivity contribution is 7.92. The SMILES string of the molecule is CCNC(=O)C(CC)N(Cc1ccccc1C)C(=O)CN(c1cc(OC)ccc1OC)S(C)(=O)=O. The number of nitrogens with one attached hydrogen (secondary N) is 1. The highest BCUT2D eigenvalue weighted by Gasteiger charge is 2.32. The van der Waals surface area contributed by atoms with Gasteiger partial charge in [0.1, 0.15) is 24.1 Å². The molecule has 9 nitrogen and oxygen atoms in total. The van der Waals surface area contributed by atoms with Crippen LogP contribution in [-0.4, -0.2) is 64.7 Å². The summed E-state index contributed by atoms with van der Waals surface area (Å²) in [7, 11) is -1.02. The lowest BCUT2D eigenvalue weighted by Crippen LogP contribution is -2.52. The van der Waals surface area contributed by atoms with E-state index in [1.165, 1.54) is 25.2 Å². The third-order valence-electron chi connectivity index (χ3n) is 5.67. The quantitative estimate of drug-likeness (QED) is 0.476. The minimum absolute atomic E-state index is 0.161. The lowest BCUT2D eigenvalue weighted by Gasteiger charge is -2.33. The van der Waals surface area contributed by atoms with Crippen molar-refractivity contribution >= 4 is 27.5 Å². The first kappa shape index (κ1) is 28.0. The Morgan fingerprint density at radius 2 is 1.74 bits per heavy atom. The fourth-order valence-electron chi connectivity index (χ4n) is 3.77. The van der Waals surface area contributed by atoms with E-state index < -0.39 is 28.5 Å². The van der Waals surface area contributed by atoms with E-state index in [1.54, 1.807) is 19.1 Å². The van der Waals surface area contributed by atoms with Crippen molar-refractivity contribution in [2.45, 2.75) is 39.8 Å². The van der Waals surface area contributed by atoms with Crippen molar-refractivity contribution in [3.63, 3.8) is 0 Å². The van der Waals surface area contributed by atoms with Gasteiger partial charge in [0.25, 0.3) is 0 Å². The molecule has 0 spiro atoms. The van der Waals surface area contributed by atoms with Crippen LogP contribution in [0.3, 0.4) is 0 Å². The van der Waals surface area contributed by atoms with Crippen molar-refractivity contribution in [2.75, 3.05) is 37.9 Å². The Balaban J connectivity index is 2.54. The summed E-state index contributed by atoms with van der Waals surface area (Å²) >= 11 is 0. The number of anilines is 1.